The fourth-order valence-electron chi connectivity index (χ4n) is 2.41. The largest absolute Gasteiger partial charge is 0.383 e. The van der Waals surface area contributed by atoms with Crippen LogP contribution in [0, 0.1) is 5.82 Å². The van der Waals surface area contributed by atoms with E-state index in [0.717, 1.165) is 11.4 Å². The molecule has 0 aliphatic heterocycles. The molecule has 2 N–H and O–H groups in total. The van der Waals surface area contributed by atoms with Gasteiger partial charge in [0, 0.05) is 24.6 Å². The second-order valence-electron chi connectivity index (χ2n) is 7.19. The number of nitrogens with one attached hydrogen (secondary N) is 2. The summed E-state index contributed by atoms with van der Waals surface area (Å²) in [6.45, 7) is 7.47. The van der Waals surface area contributed by atoms with Gasteiger partial charge in [0.05, 0.1) is 31.1 Å². The quantitative estimate of drug-likeness (QED) is 0.795. The van der Waals surface area contributed by atoms with Crippen LogP contribution in [0.1, 0.15) is 37.7 Å². The average Bonchev–Trinajstić information content (AvgIpc) is 3.07. The van der Waals surface area contributed by atoms with Gasteiger partial charge in [-0.25, -0.2) is 9.18 Å². The lowest BCUT2D eigenvalue weighted by atomic mass is 9.92. The molecular weight excluding hydrogens is 335 g/mol. The zero-order valence-corrected chi connectivity index (χ0v) is 15.8. The van der Waals surface area contributed by atoms with E-state index < -0.39 is 0 Å². The topological polar surface area (TPSA) is 70.2 Å². The van der Waals surface area contributed by atoms with Crippen molar-refractivity contribution < 1.29 is 13.9 Å². The van der Waals surface area contributed by atoms with Crippen molar-refractivity contribution in [1.29, 1.82) is 0 Å². The highest BCUT2D eigenvalue weighted by molar-refractivity contribution is 5.74. The number of benzene rings is 1. The van der Waals surface area contributed by atoms with Gasteiger partial charge in [0.2, 0.25) is 0 Å². The van der Waals surface area contributed by atoms with Crippen LogP contribution < -0.4 is 5.32 Å². The minimum atomic E-state index is -0.328. The van der Waals surface area contributed by atoms with Gasteiger partial charge in [0.25, 0.3) is 0 Å². The Morgan fingerprint density at radius 1 is 1.35 bits per heavy atom. The molecule has 0 aliphatic carbocycles. The van der Waals surface area contributed by atoms with Gasteiger partial charge in [-0.15, -0.1) is 0 Å². The molecule has 0 aliphatic rings. The van der Waals surface area contributed by atoms with Crippen LogP contribution in [0.15, 0.2) is 30.3 Å². The molecule has 2 rings (SSSR count). The molecule has 26 heavy (non-hydrogen) atoms. The number of rotatable bonds is 7. The molecule has 0 spiro atoms. The summed E-state index contributed by atoms with van der Waals surface area (Å²) < 4.78 is 19.0. The van der Waals surface area contributed by atoms with Gasteiger partial charge in [-0.05, 0) is 12.1 Å². The number of halogens is 1. The number of amides is 2. The molecule has 0 saturated heterocycles. The second kappa shape index (κ2) is 8.80. The summed E-state index contributed by atoms with van der Waals surface area (Å²) in [5.74, 6) is -0.328. The highest BCUT2D eigenvalue weighted by Crippen LogP contribution is 2.20. The Bertz CT molecular complexity index is 724. The summed E-state index contributed by atoms with van der Waals surface area (Å²) >= 11 is 0. The van der Waals surface area contributed by atoms with E-state index in [9.17, 15) is 9.18 Å². The van der Waals surface area contributed by atoms with Crippen molar-refractivity contribution >= 4 is 6.03 Å². The zero-order chi connectivity index (χ0) is 19.2. The van der Waals surface area contributed by atoms with E-state index >= 15 is 0 Å². The number of H-pyrrole nitrogens is 1. The van der Waals surface area contributed by atoms with Crippen molar-refractivity contribution in [3.05, 3.63) is 53.1 Å². The maximum Gasteiger partial charge on any atom is 0.318 e. The summed E-state index contributed by atoms with van der Waals surface area (Å²) in [6, 6.07) is 8.11. The Balaban J connectivity index is 2.00. The van der Waals surface area contributed by atoms with Crippen LogP contribution in [0.4, 0.5) is 9.18 Å². The maximum absolute atomic E-state index is 13.9. The van der Waals surface area contributed by atoms with Crippen LogP contribution in [-0.4, -0.2) is 41.4 Å². The first-order valence-corrected chi connectivity index (χ1v) is 8.61. The van der Waals surface area contributed by atoms with E-state index in [2.05, 4.69) is 36.3 Å². The number of aromatic nitrogens is 2. The van der Waals surface area contributed by atoms with E-state index in [0.29, 0.717) is 25.3 Å². The molecule has 142 valence electrons. The van der Waals surface area contributed by atoms with Crippen LogP contribution in [0.25, 0.3) is 0 Å². The summed E-state index contributed by atoms with van der Waals surface area (Å²) in [7, 11) is 1.57. The van der Waals surface area contributed by atoms with E-state index in [1.165, 1.54) is 11.0 Å². The molecule has 7 heteroatoms. The standard InChI is InChI=1S/C19H27FN4O2/c1-19(2,3)17-11-15(22-23-17)12-21-18(25)24(9-10-26-4)13-14-7-5-6-8-16(14)20/h5-8,11H,9-10,12-13H2,1-4H3,(H,21,25)(H,22,23). The van der Waals surface area contributed by atoms with Gasteiger partial charge in [0.1, 0.15) is 5.82 Å². The third-order valence-corrected chi connectivity index (χ3v) is 4.00. The number of carbonyl (C=O) groups is 1. The Hall–Kier alpha value is -2.41. The molecule has 0 radical (unpaired) electrons. The Morgan fingerprint density at radius 2 is 2.08 bits per heavy atom. The third-order valence-electron chi connectivity index (χ3n) is 4.00. The van der Waals surface area contributed by atoms with E-state index in [-0.39, 0.29) is 23.8 Å². The Kier molecular flexibility index (Phi) is 6.74. The van der Waals surface area contributed by atoms with Gasteiger partial charge in [-0.3, -0.25) is 5.10 Å². The SMILES string of the molecule is COCCN(Cc1ccccc1F)C(=O)NCc1cc(C(C)(C)C)n[nH]1. The number of nitrogens with zero attached hydrogens (tertiary/aromatic N) is 2. The fourth-order valence-corrected chi connectivity index (χ4v) is 2.41. The second-order valence-corrected chi connectivity index (χ2v) is 7.19. The minimum Gasteiger partial charge on any atom is -0.383 e. The van der Waals surface area contributed by atoms with Crippen LogP contribution >= 0.6 is 0 Å². The number of urea groups is 1. The molecule has 0 bridgehead atoms. The number of ether oxygens (including phenoxy) is 1. The van der Waals surface area contributed by atoms with E-state index in [4.69, 9.17) is 4.74 Å². The van der Waals surface area contributed by atoms with Crippen LogP contribution in [0.5, 0.6) is 0 Å². The van der Waals surface area contributed by atoms with Crippen molar-refractivity contribution in [2.24, 2.45) is 0 Å². The number of hydrogen-bond acceptors (Lipinski definition) is 3. The number of hydrogen-bond donors (Lipinski definition) is 2. The third kappa shape index (κ3) is 5.56. The van der Waals surface area contributed by atoms with E-state index in [1.807, 2.05) is 6.07 Å². The van der Waals surface area contributed by atoms with Crippen molar-refractivity contribution in [2.75, 3.05) is 20.3 Å². The van der Waals surface area contributed by atoms with Crippen LogP contribution in [0.3, 0.4) is 0 Å². The predicted octanol–water partition coefficient (Wildman–Crippen LogP) is 3.20. The Morgan fingerprint density at radius 3 is 2.69 bits per heavy atom. The summed E-state index contributed by atoms with van der Waals surface area (Å²) in [5, 5.41) is 10.1. The zero-order valence-electron chi connectivity index (χ0n) is 15.8. The summed E-state index contributed by atoms with van der Waals surface area (Å²) in [6.07, 6.45) is 0. The average molecular weight is 362 g/mol. The first-order valence-electron chi connectivity index (χ1n) is 8.61. The molecule has 1 heterocycles. The summed E-state index contributed by atoms with van der Waals surface area (Å²) in [5.41, 5.74) is 2.16. The molecule has 1 aromatic heterocycles. The fraction of sp³-hybridized carbons (Fsp3) is 0.474. The first kappa shape index (κ1) is 19.9. The van der Waals surface area contributed by atoms with Crippen LogP contribution in [0.2, 0.25) is 0 Å². The van der Waals surface area contributed by atoms with Gasteiger partial charge in [-0.2, -0.15) is 5.10 Å². The van der Waals surface area contributed by atoms with Crippen molar-refractivity contribution in [2.45, 2.75) is 39.3 Å². The minimum absolute atomic E-state index is 0.0614. The van der Waals surface area contributed by atoms with Crippen molar-refractivity contribution in [3.8, 4) is 0 Å². The molecule has 2 amide bonds. The van der Waals surface area contributed by atoms with Gasteiger partial charge in [-0.1, -0.05) is 39.0 Å². The highest BCUT2D eigenvalue weighted by Gasteiger charge is 2.19. The molecule has 6 nitrogen and oxygen atoms in total. The van der Waals surface area contributed by atoms with Gasteiger partial charge in [0.15, 0.2) is 0 Å². The van der Waals surface area contributed by atoms with Gasteiger partial charge < -0.3 is 15.0 Å². The molecule has 0 atom stereocenters. The van der Waals surface area contributed by atoms with Crippen molar-refractivity contribution in [1.82, 2.24) is 20.4 Å². The molecule has 2 aromatic rings. The monoisotopic (exact) mass is 362 g/mol. The lowest BCUT2D eigenvalue weighted by Crippen LogP contribution is -2.41. The van der Waals surface area contributed by atoms with Crippen molar-refractivity contribution in [3.63, 3.8) is 0 Å². The summed E-state index contributed by atoms with van der Waals surface area (Å²) in [4.78, 5) is 14.1. The molecule has 0 fully saturated rings. The molecule has 0 unspecified atom stereocenters. The van der Waals surface area contributed by atoms with E-state index in [1.54, 1.807) is 25.3 Å². The molecule has 1 aromatic carbocycles. The Labute approximate surface area is 153 Å². The number of carbonyl (C=O) groups excluding carboxylic acids is 1. The normalized spacial score (nSPS) is 11.4. The molecule has 0 saturated carbocycles. The lowest BCUT2D eigenvalue weighted by molar-refractivity contribution is 0.145. The maximum atomic E-state index is 13.9. The van der Waals surface area contributed by atoms with Crippen LogP contribution in [-0.2, 0) is 23.2 Å². The smallest absolute Gasteiger partial charge is 0.318 e. The number of methoxy groups -OCH3 is 1. The van der Waals surface area contributed by atoms with Gasteiger partial charge >= 0.3 is 6.03 Å². The highest BCUT2D eigenvalue weighted by atomic mass is 19.1. The first-order chi connectivity index (χ1) is 12.3. The molecular formula is C19H27FN4O2. The predicted molar refractivity (Wildman–Crippen MR) is 98.2 cm³/mol. The number of aromatic amines is 1. The lowest BCUT2D eigenvalue weighted by Gasteiger charge is -2.23.